The number of aryl methyl sites for hydroxylation is 1. The van der Waals surface area contributed by atoms with Crippen LogP contribution in [0.1, 0.15) is 16.3 Å². The smallest absolute Gasteiger partial charge is 0.243 e. The third-order valence-corrected chi connectivity index (χ3v) is 5.14. The van der Waals surface area contributed by atoms with Gasteiger partial charge < -0.3 is 5.73 Å². The zero-order chi connectivity index (χ0) is 15.6. The molecule has 0 aliphatic rings. The number of hydrogen-bond donors (Lipinski definition) is 2. The molecule has 3 N–H and O–H groups in total. The van der Waals surface area contributed by atoms with E-state index < -0.39 is 20.7 Å². The lowest BCUT2D eigenvalue weighted by atomic mass is 10.2. The molecule has 21 heavy (non-hydrogen) atoms. The minimum absolute atomic E-state index is 0.0173. The Morgan fingerprint density at radius 1 is 1.48 bits per heavy atom. The first-order valence-electron chi connectivity index (χ1n) is 5.92. The summed E-state index contributed by atoms with van der Waals surface area (Å²) in [6, 6.07) is 2.37. The number of sulfonamides is 1. The first kappa shape index (κ1) is 16.3. The number of nitrogens with one attached hydrogen (secondary N) is 1. The van der Waals surface area contributed by atoms with Gasteiger partial charge in [0.15, 0.2) is 0 Å². The standard InChI is InChI=1S/C12H13ClFN3O2S2/c1-7-17-10(6-20-7)5-16-21(18,19)11-3-9(13)2-8(4-15)12(11)14/h2-3,6,16H,4-5,15H2,1H3. The van der Waals surface area contributed by atoms with Crippen LogP contribution < -0.4 is 10.5 Å². The fourth-order valence-electron chi connectivity index (χ4n) is 1.70. The van der Waals surface area contributed by atoms with Crippen molar-refractivity contribution in [3.8, 4) is 0 Å². The maximum atomic E-state index is 14.1. The largest absolute Gasteiger partial charge is 0.326 e. The van der Waals surface area contributed by atoms with Gasteiger partial charge in [-0.1, -0.05) is 11.6 Å². The van der Waals surface area contributed by atoms with Crippen molar-refractivity contribution in [3.05, 3.63) is 44.6 Å². The normalized spacial score (nSPS) is 11.8. The SMILES string of the molecule is Cc1nc(CNS(=O)(=O)c2cc(Cl)cc(CN)c2F)cs1. The molecule has 0 radical (unpaired) electrons. The molecule has 2 rings (SSSR count). The Bertz CT molecular complexity index is 762. The minimum Gasteiger partial charge on any atom is -0.326 e. The van der Waals surface area contributed by atoms with Gasteiger partial charge in [-0.2, -0.15) is 0 Å². The van der Waals surface area contributed by atoms with Crippen molar-refractivity contribution in [1.82, 2.24) is 9.71 Å². The zero-order valence-electron chi connectivity index (χ0n) is 11.1. The molecule has 2 aromatic rings. The van der Waals surface area contributed by atoms with E-state index in [1.165, 1.54) is 17.4 Å². The van der Waals surface area contributed by atoms with Crippen molar-refractivity contribution in [2.24, 2.45) is 5.73 Å². The maximum Gasteiger partial charge on any atom is 0.243 e. The molecule has 0 unspecified atom stereocenters. The Morgan fingerprint density at radius 2 is 2.19 bits per heavy atom. The van der Waals surface area contributed by atoms with E-state index in [-0.39, 0.29) is 23.7 Å². The van der Waals surface area contributed by atoms with Gasteiger partial charge in [0.1, 0.15) is 10.7 Å². The second kappa shape index (κ2) is 6.37. The number of thiazole rings is 1. The first-order chi connectivity index (χ1) is 9.83. The Balaban J connectivity index is 2.29. The lowest BCUT2D eigenvalue weighted by molar-refractivity contribution is 0.549. The van der Waals surface area contributed by atoms with E-state index in [4.69, 9.17) is 17.3 Å². The topological polar surface area (TPSA) is 85.1 Å². The van der Waals surface area contributed by atoms with Crippen molar-refractivity contribution < 1.29 is 12.8 Å². The summed E-state index contributed by atoms with van der Waals surface area (Å²) in [5, 5.41) is 2.67. The molecule has 0 saturated carbocycles. The highest BCUT2D eigenvalue weighted by Crippen LogP contribution is 2.23. The van der Waals surface area contributed by atoms with Crippen LogP contribution in [0.2, 0.25) is 5.02 Å². The van der Waals surface area contributed by atoms with Crippen molar-refractivity contribution >= 4 is 33.0 Å². The summed E-state index contributed by atoms with van der Waals surface area (Å²) in [6.07, 6.45) is 0. The van der Waals surface area contributed by atoms with Crippen LogP contribution >= 0.6 is 22.9 Å². The highest BCUT2D eigenvalue weighted by Gasteiger charge is 2.22. The van der Waals surface area contributed by atoms with E-state index in [0.29, 0.717) is 5.69 Å². The molecule has 0 spiro atoms. The van der Waals surface area contributed by atoms with Crippen molar-refractivity contribution in [3.63, 3.8) is 0 Å². The molecule has 0 fully saturated rings. The molecular weight excluding hydrogens is 337 g/mol. The lowest BCUT2D eigenvalue weighted by Gasteiger charge is -2.10. The summed E-state index contributed by atoms with van der Waals surface area (Å²) in [5.74, 6) is -0.885. The molecule has 0 aliphatic carbocycles. The van der Waals surface area contributed by atoms with Crippen LogP contribution in [0, 0.1) is 12.7 Å². The van der Waals surface area contributed by atoms with Gasteiger partial charge in [-0.3, -0.25) is 0 Å². The van der Waals surface area contributed by atoms with Gasteiger partial charge in [0.05, 0.1) is 17.2 Å². The van der Waals surface area contributed by atoms with Crippen LogP contribution in [0.5, 0.6) is 0 Å². The summed E-state index contributed by atoms with van der Waals surface area (Å²) in [6.45, 7) is 1.66. The Morgan fingerprint density at radius 3 is 2.76 bits per heavy atom. The number of halogens is 2. The molecule has 1 aromatic carbocycles. The van der Waals surface area contributed by atoms with Gasteiger partial charge in [0.25, 0.3) is 0 Å². The highest BCUT2D eigenvalue weighted by atomic mass is 35.5. The van der Waals surface area contributed by atoms with E-state index in [2.05, 4.69) is 9.71 Å². The Kier molecular flexibility index (Phi) is 4.95. The van der Waals surface area contributed by atoms with Gasteiger partial charge in [0.2, 0.25) is 10.0 Å². The Labute approximate surface area is 131 Å². The van der Waals surface area contributed by atoms with Gasteiger partial charge in [0, 0.05) is 22.5 Å². The van der Waals surface area contributed by atoms with Crippen molar-refractivity contribution in [2.75, 3.05) is 0 Å². The molecule has 0 aliphatic heterocycles. The number of benzene rings is 1. The molecule has 1 heterocycles. The molecule has 9 heteroatoms. The summed E-state index contributed by atoms with van der Waals surface area (Å²) < 4.78 is 40.8. The van der Waals surface area contributed by atoms with Gasteiger partial charge >= 0.3 is 0 Å². The molecule has 0 atom stereocenters. The second-order valence-corrected chi connectivity index (χ2v) is 7.50. The van der Waals surface area contributed by atoms with Crippen LogP contribution in [0.3, 0.4) is 0 Å². The average Bonchev–Trinajstić information content (AvgIpc) is 2.84. The van der Waals surface area contributed by atoms with Crippen LogP contribution in [0.25, 0.3) is 0 Å². The number of nitrogens with two attached hydrogens (primary N) is 1. The zero-order valence-corrected chi connectivity index (χ0v) is 13.4. The van der Waals surface area contributed by atoms with Gasteiger partial charge in [-0.15, -0.1) is 11.3 Å². The van der Waals surface area contributed by atoms with E-state index in [1.807, 2.05) is 6.92 Å². The monoisotopic (exact) mass is 349 g/mol. The van der Waals surface area contributed by atoms with E-state index in [9.17, 15) is 12.8 Å². The highest BCUT2D eigenvalue weighted by molar-refractivity contribution is 7.89. The van der Waals surface area contributed by atoms with E-state index in [1.54, 1.807) is 5.38 Å². The maximum absolute atomic E-state index is 14.1. The van der Waals surface area contributed by atoms with Gasteiger partial charge in [-0.25, -0.2) is 22.5 Å². The number of hydrogen-bond acceptors (Lipinski definition) is 5. The van der Waals surface area contributed by atoms with Crippen LogP contribution in [0.4, 0.5) is 4.39 Å². The van der Waals surface area contributed by atoms with Gasteiger partial charge in [-0.05, 0) is 19.1 Å². The predicted octanol–water partition coefficient (Wildman–Crippen LogP) is 2.18. The molecule has 1 aromatic heterocycles. The molecule has 0 bridgehead atoms. The molecule has 5 nitrogen and oxygen atoms in total. The molecule has 0 saturated heterocycles. The van der Waals surface area contributed by atoms with Crippen LogP contribution in [-0.2, 0) is 23.1 Å². The van der Waals surface area contributed by atoms with E-state index in [0.717, 1.165) is 11.1 Å². The first-order valence-corrected chi connectivity index (χ1v) is 8.66. The molecule has 0 amide bonds. The lowest BCUT2D eigenvalue weighted by Crippen LogP contribution is -2.25. The minimum atomic E-state index is -4.04. The predicted molar refractivity (Wildman–Crippen MR) is 80.2 cm³/mol. The molecule has 114 valence electrons. The number of rotatable bonds is 5. The van der Waals surface area contributed by atoms with E-state index >= 15 is 0 Å². The van der Waals surface area contributed by atoms with Crippen LogP contribution in [0.15, 0.2) is 22.4 Å². The Hall–Kier alpha value is -1.06. The molecular formula is C12H13ClFN3O2S2. The third-order valence-electron chi connectivity index (χ3n) is 2.70. The number of nitrogens with zero attached hydrogens (tertiary/aromatic N) is 1. The second-order valence-electron chi connectivity index (χ2n) is 4.26. The fraction of sp³-hybridized carbons (Fsp3) is 0.250. The van der Waals surface area contributed by atoms with Crippen molar-refractivity contribution in [2.45, 2.75) is 24.9 Å². The van der Waals surface area contributed by atoms with Crippen molar-refractivity contribution in [1.29, 1.82) is 0 Å². The van der Waals surface area contributed by atoms with Crippen LogP contribution in [-0.4, -0.2) is 13.4 Å². The summed E-state index contributed by atoms with van der Waals surface area (Å²) >= 11 is 7.21. The third kappa shape index (κ3) is 3.78. The summed E-state index contributed by atoms with van der Waals surface area (Å²) in [5.41, 5.74) is 6.00. The summed E-state index contributed by atoms with van der Waals surface area (Å²) in [7, 11) is -4.04. The summed E-state index contributed by atoms with van der Waals surface area (Å²) in [4.78, 5) is 3.62. The fourth-order valence-corrected chi connectivity index (χ4v) is 3.76. The quantitative estimate of drug-likeness (QED) is 0.866. The average molecular weight is 350 g/mol. The number of aromatic nitrogens is 1.